The van der Waals surface area contributed by atoms with Crippen LogP contribution in [0.5, 0.6) is 0 Å². The van der Waals surface area contributed by atoms with E-state index in [1.807, 2.05) is 20.8 Å². The fourth-order valence-electron chi connectivity index (χ4n) is 1.37. The van der Waals surface area contributed by atoms with Gasteiger partial charge in [-0.05, 0) is 25.0 Å². The van der Waals surface area contributed by atoms with Crippen molar-refractivity contribution in [2.45, 2.75) is 26.9 Å². The predicted molar refractivity (Wildman–Crippen MR) is 66.7 cm³/mol. The van der Waals surface area contributed by atoms with Gasteiger partial charge in [0.05, 0.1) is 5.56 Å². The third kappa shape index (κ3) is 4.43. The number of halogens is 3. The first-order valence-corrected chi connectivity index (χ1v) is 5.90. The van der Waals surface area contributed by atoms with Gasteiger partial charge in [0.2, 0.25) is 0 Å². The van der Waals surface area contributed by atoms with Crippen LogP contribution in [0.15, 0.2) is 12.1 Å². The number of anilines is 2. The van der Waals surface area contributed by atoms with E-state index in [4.69, 9.17) is 0 Å². The molecule has 6 heteroatoms. The number of nitrogens with one attached hydrogen (secondary N) is 2. The number of pyridine rings is 1. The molecule has 0 aliphatic heterocycles. The monoisotopic (exact) mass is 261 g/mol. The Balaban J connectivity index is 2.98. The van der Waals surface area contributed by atoms with Crippen molar-refractivity contribution in [3.05, 3.63) is 17.7 Å². The van der Waals surface area contributed by atoms with E-state index in [-0.39, 0.29) is 11.6 Å². The summed E-state index contributed by atoms with van der Waals surface area (Å²) >= 11 is 0. The standard InChI is InChI=1S/C12H18F3N3/c1-4-16-10-5-9(12(13,14)15)6-11(18-10)17-7-8(2)3/h5-6,8H,4,7H2,1-3H3,(H2,16,17,18). The first-order valence-electron chi connectivity index (χ1n) is 5.90. The van der Waals surface area contributed by atoms with E-state index >= 15 is 0 Å². The molecule has 0 aliphatic carbocycles. The first kappa shape index (κ1) is 14.6. The van der Waals surface area contributed by atoms with Gasteiger partial charge in [-0.3, -0.25) is 0 Å². The molecule has 1 aromatic rings. The van der Waals surface area contributed by atoms with Crippen LogP contribution in [0.1, 0.15) is 26.3 Å². The molecule has 0 bridgehead atoms. The lowest BCUT2D eigenvalue weighted by molar-refractivity contribution is -0.137. The zero-order valence-electron chi connectivity index (χ0n) is 10.7. The van der Waals surface area contributed by atoms with Crippen LogP contribution in [-0.4, -0.2) is 18.1 Å². The first-order chi connectivity index (χ1) is 8.32. The van der Waals surface area contributed by atoms with Crippen molar-refractivity contribution in [3.8, 4) is 0 Å². The average Bonchev–Trinajstić information content (AvgIpc) is 2.25. The summed E-state index contributed by atoms with van der Waals surface area (Å²) in [4.78, 5) is 4.09. The molecule has 0 aromatic carbocycles. The molecule has 0 fully saturated rings. The van der Waals surface area contributed by atoms with E-state index in [0.29, 0.717) is 19.0 Å². The molecule has 3 nitrogen and oxygen atoms in total. The second-order valence-corrected chi connectivity index (χ2v) is 4.43. The van der Waals surface area contributed by atoms with Crippen LogP contribution in [0.2, 0.25) is 0 Å². The Labute approximate surface area is 105 Å². The summed E-state index contributed by atoms with van der Waals surface area (Å²) < 4.78 is 38.1. The van der Waals surface area contributed by atoms with Gasteiger partial charge in [-0.1, -0.05) is 13.8 Å². The number of rotatable bonds is 5. The summed E-state index contributed by atoms with van der Waals surface area (Å²) in [5, 5.41) is 5.70. The molecule has 0 amide bonds. The second kappa shape index (κ2) is 5.93. The Morgan fingerprint density at radius 3 is 2.17 bits per heavy atom. The molecule has 0 saturated heterocycles. The Morgan fingerprint density at radius 2 is 1.72 bits per heavy atom. The predicted octanol–water partition coefficient (Wildman–Crippen LogP) is 3.60. The van der Waals surface area contributed by atoms with Crippen molar-refractivity contribution in [2.75, 3.05) is 23.7 Å². The van der Waals surface area contributed by atoms with Crippen LogP contribution in [-0.2, 0) is 6.18 Å². The highest BCUT2D eigenvalue weighted by molar-refractivity contribution is 5.49. The minimum atomic E-state index is -4.36. The van der Waals surface area contributed by atoms with Crippen molar-refractivity contribution >= 4 is 11.6 Å². The molecule has 0 spiro atoms. The van der Waals surface area contributed by atoms with Gasteiger partial charge in [0, 0.05) is 13.1 Å². The van der Waals surface area contributed by atoms with E-state index < -0.39 is 11.7 Å². The van der Waals surface area contributed by atoms with Gasteiger partial charge >= 0.3 is 6.18 Å². The number of alkyl halides is 3. The maximum absolute atomic E-state index is 12.7. The van der Waals surface area contributed by atoms with Gasteiger partial charge in [-0.15, -0.1) is 0 Å². The van der Waals surface area contributed by atoms with E-state index in [2.05, 4.69) is 15.6 Å². The summed E-state index contributed by atoms with van der Waals surface area (Å²) in [6, 6.07) is 2.05. The lowest BCUT2D eigenvalue weighted by Gasteiger charge is -2.14. The fourth-order valence-corrected chi connectivity index (χ4v) is 1.37. The van der Waals surface area contributed by atoms with Crippen molar-refractivity contribution in [2.24, 2.45) is 5.92 Å². The maximum atomic E-state index is 12.7. The molecule has 0 saturated carbocycles. The lowest BCUT2D eigenvalue weighted by atomic mass is 10.2. The topological polar surface area (TPSA) is 37.0 Å². The Morgan fingerprint density at radius 1 is 1.17 bits per heavy atom. The largest absolute Gasteiger partial charge is 0.416 e. The number of nitrogens with zero attached hydrogens (tertiary/aromatic N) is 1. The summed E-state index contributed by atoms with van der Waals surface area (Å²) in [5.41, 5.74) is -0.695. The SMILES string of the molecule is CCNc1cc(C(F)(F)F)cc(NCC(C)C)n1. The normalized spacial score (nSPS) is 11.7. The third-order valence-corrected chi connectivity index (χ3v) is 2.20. The van der Waals surface area contributed by atoms with Gasteiger partial charge in [0.15, 0.2) is 0 Å². The third-order valence-electron chi connectivity index (χ3n) is 2.20. The fraction of sp³-hybridized carbons (Fsp3) is 0.583. The minimum Gasteiger partial charge on any atom is -0.370 e. The molecule has 0 radical (unpaired) electrons. The molecular formula is C12H18F3N3. The van der Waals surface area contributed by atoms with E-state index in [1.165, 1.54) is 0 Å². The van der Waals surface area contributed by atoms with E-state index in [1.54, 1.807) is 0 Å². The molecule has 2 N–H and O–H groups in total. The highest BCUT2D eigenvalue weighted by Gasteiger charge is 2.31. The minimum absolute atomic E-state index is 0.235. The molecule has 1 heterocycles. The quantitative estimate of drug-likeness (QED) is 0.850. The number of aromatic nitrogens is 1. The van der Waals surface area contributed by atoms with Crippen LogP contribution in [0.3, 0.4) is 0 Å². The van der Waals surface area contributed by atoms with Gasteiger partial charge in [0.1, 0.15) is 11.6 Å². The number of hydrogen-bond acceptors (Lipinski definition) is 3. The summed E-state index contributed by atoms with van der Waals surface area (Å²) in [5.74, 6) is 0.817. The van der Waals surface area contributed by atoms with Crippen LogP contribution in [0.25, 0.3) is 0 Å². The number of hydrogen-bond donors (Lipinski definition) is 2. The maximum Gasteiger partial charge on any atom is 0.416 e. The highest BCUT2D eigenvalue weighted by atomic mass is 19.4. The van der Waals surface area contributed by atoms with Gasteiger partial charge in [-0.25, -0.2) is 4.98 Å². The summed E-state index contributed by atoms with van der Waals surface area (Å²) in [7, 11) is 0. The molecule has 1 rings (SSSR count). The molecular weight excluding hydrogens is 243 g/mol. The van der Waals surface area contributed by atoms with Crippen molar-refractivity contribution in [3.63, 3.8) is 0 Å². The van der Waals surface area contributed by atoms with Gasteiger partial charge < -0.3 is 10.6 Å². The van der Waals surface area contributed by atoms with Crippen molar-refractivity contribution < 1.29 is 13.2 Å². The second-order valence-electron chi connectivity index (χ2n) is 4.43. The molecule has 0 unspecified atom stereocenters. The van der Waals surface area contributed by atoms with Crippen LogP contribution in [0, 0.1) is 5.92 Å². The summed E-state index contributed by atoms with van der Waals surface area (Å²) in [6.45, 7) is 6.87. The average molecular weight is 261 g/mol. The van der Waals surface area contributed by atoms with E-state index in [9.17, 15) is 13.2 Å². The van der Waals surface area contributed by atoms with Crippen molar-refractivity contribution in [1.82, 2.24) is 4.98 Å². The molecule has 1 aromatic heterocycles. The lowest BCUT2D eigenvalue weighted by Crippen LogP contribution is -2.13. The molecule has 102 valence electrons. The van der Waals surface area contributed by atoms with Crippen molar-refractivity contribution in [1.29, 1.82) is 0 Å². The highest BCUT2D eigenvalue weighted by Crippen LogP contribution is 2.32. The van der Waals surface area contributed by atoms with E-state index in [0.717, 1.165) is 12.1 Å². The summed E-state index contributed by atoms with van der Waals surface area (Å²) in [6.07, 6.45) is -4.36. The molecule has 18 heavy (non-hydrogen) atoms. The molecule has 0 aliphatic rings. The Hall–Kier alpha value is -1.46. The Kier molecular flexibility index (Phi) is 4.81. The smallest absolute Gasteiger partial charge is 0.370 e. The van der Waals surface area contributed by atoms with Gasteiger partial charge in [-0.2, -0.15) is 13.2 Å². The van der Waals surface area contributed by atoms with Crippen LogP contribution < -0.4 is 10.6 Å². The van der Waals surface area contributed by atoms with Crippen LogP contribution in [0.4, 0.5) is 24.8 Å². The zero-order valence-corrected chi connectivity index (χ0v) is 10.7. The zero-order chi connectivity index (χ0) is 13.8. The van der Waals surface area contributed by atoms with Gasteiger partial charge in [0.25, 0.3) is 0 Å². The Bertz CT molecular complexity index is 389. The van der Waals surface area contributed by atoms with Crippen LogP contribution >= 0.6 is 0 Å². The molecule has 0 atom stereocenters.